The molecule has 0 saturated heterocycles. The third-order valence-corrected chi connectivity index (χ3v) is 16.6. The zero-order chi connectivity index (χ0) is 59.1. The minimum absolute atomic E-state index is 0.0276. The van der Waals surface area contributed by atoms with Crippen molar-refractivity contribution < 1.29 is 42.1 Å². The van der Waals surface area contributed by atoms with E-state index in [0.29, 0.717) is 17.4 Å². The number of phosphoric ester groups is 1. The fourth-order valence-corrected chi connectivity index (χ4v) is 11.0. The molecule has 0 aromatic rings. The highest BCUT2D eigenvalue weighted by atomic mass is 31.2. The first-order valence-electron chi connectivity index (χ1n) is 34.8. The number of hydrogen-bond acceptors (Lipinski definition) is 8. The van der Waals surface area contributed by atoms with Crippen molar-refractivity contribution in [1.29, 1.82) is 0 Å². The molecule has 476 valence electrons. The average Bonchev–Trinajstić information content (AvgIpc) is 3.43. The van der Waals surface area contributed by atoms with Crippen molar-refractivity contribution in [3.05, 3.63) is 48.6 Å². The predicted octanol–water partition coefficient (Wildman–Crippen LogP) is 21.8. The summed E-state index contributed by atoms with van der Waals surface area (Å²) in [7, 11) is 1.19. The predicted molar refractivity (Wildman–Crippen MR) is 347 cm³/mol. The number of phosphoric acid groups is 1. The Hall–Kier alpha value is -2.03. The molecule has 0 aliphatic carbocycles. The van der Waals surface area contributed by atoms with Gasteiger partial charge in [0, 0.05) is 12.8 Å². The van der Waals surface area contributed by atoms with Gasteiger partial charge in [-0.05, 0) is 51.4 Å². The Labute approximate surface area is 503 Å². The molecule has 0 amide bonds. The molecule has 10 heteroatoms. The smallest absolute Gasteiger partial charge is 0.306 e. The van der Waals surface area contributed by atoms with E-state index in [1.165, 1.54) is 250 Å². The Kier molecular flexibility index (Phi) is 60.9. The molecule has 0 rings (SSSR count). The lowest BCUT2D eigenvalue weighted by Crippen LogP contribution is -2.37. The van der Waals surface area contributed by atoms with Crippen LogP contribution in [0.4, 0.5) is 0 Å². The normalized spacial score (nSPS) is 13.4. The van der Waals surface area contributed by atoms with Gasteiger partial charge >= 0.3 is 11.9 Å². The number of quaternary nitrogens is 1. The van der Waals surface area contributed by atoms with E-state index in [0.717, 1.165) is 57.8 Å². The van der Waals surface area contributed by atoms with E-state index in [9.17, 15) is 19.0 Å². The van der Waals surface area contributed by atoms with Gasteiger partial charge in [0.25, 0.3) is 7.82 Å². The van der Waals surface area contributed by atoms with Crippen LogP contribution < -0.4 is 4.89 Å². The first-order valence-corrected chi connectivity index (χ1v) is 36.3. The summed E-state index contributed by atoms with van der Waals surface area (Å²) in [6, 6.07) is 0. The molecule has 0 radical (unpaired) electrons. The van der Waals surface area contributed by atoms with Gasteiger partial charge in [-0.2, -0.15) is 0 Å². The first kappa shape index (κ1) is 79.0. The van der Waals surface area contributed by atoms with Crippen LogP contribution in [0.2, 0.25) is 0 Å². The number of nitrogens with zero attached hydrogens (tertiary/aromatic N) is 1. The van der Waals surface area contributed by atoms with E-state index in [1.807, 2.05) is 21.1 Å². The van der Waals surface area contributed by atoms with E-state index < -0.39 is 26.5 Å². The zero-order valence-electron chi connectivity index (χ0n) is 54.2. The minimum atomic E-state index is -4.64. The van der Waals surface area contributed by atoms with Gasteiger partial charge in [-0.1, -0.05) is 326 Å². The van der Waals surface area contributed by atoms with Crippen LogP contribution >= 0.6 is 7.82 Å². The van der Waals surface area contributed by atoms with Crippen LogP contribution in [0.5, 0.6) is 0 Å². The van der Waals surface area contributed by atoms with Crippen molar-refractivity contribution in [2.45, 2.75) is 347 Å². The summed E-state index contributed by atoms with van der Waals surface area (Å²) < 4.78 is 34.3. The Bertz CT molecular complexity index is 1510. The molecule has 0 aromatic heterocycles. The molecule has 0 bridgehead atoms. The highest BCUT2D eigenvalue weighted by Gasteiger charge is 2.22. The molecule has 9 nitrogen and oxygen atoms in total. The van der Waals surface area contributed by atoms with E-state index in [2.05, 4.69) is 62.5 Å². The van der Waals surface area contributed by atoms with Crippen molar-refractivity contribution in [3.8, 4) is 0 Å². The second-order valence-electron chi connectivity index (χ2n) is 24.9. The molecule has 0 aliphatic rings. The number of carbonyl (C=O) groups excluding carboxylic acids is 2. The van der Waals surface area contributed by atoms with Crippen molar-refractivity contribution in [2.75, 3.05) is 47.5 Å². The molecule has 0 fully saturated rings. The molecular formula is C71H134NO8P. The molecule has 0 N–H and O–H groups in total. The maximum Gasteiger partial charge on any atom is 0.306 e. The summed E-state index contributed by atoms with van der Waals surface area (Å²) in [6.07, 6.45) is 80.5. The molecule has 0 heterocycles. The number of carbonyl (C=O) groups is 2. The molecule has 0 aromatic carbocycles. The van der Waals surface area contributed by atoms with E-state index in [4.69, 9.17) is 18.5 Å². The maximum atomic E-state index is 12.9. The highest BCUT2D eigenvalue weighted by molar-refractivity contribution is 7.45. The van der Waals surface area contributed by atoms with Gasteiger partial charge in [0.05, 0.1) is 27.7 Å². The Morgan fingerprint density at radius 3 is 1.05 bits per heavy atom. The number of hydrogen-bond donors (Lipinski definition) is 0. The van der Waals surface area contributed by atoms with Gasteiger partial charge in [-0.3, -0.25) is 14.2 Å². The van der Waals surface area contributed by atoms with Gasteiger partial charge in [0.15, 0.2) is 6.10 Å². The van der Waals surface area contributed by atoms with Gasteiger partial charge in [0.2, 0.25) is 0 Å². The molecule has 2 unspecified atom stereocenters. The zero-order valence-corrected chi connectivity index (χ0v) is 55.1. The fraction of sp³-hybridized carbons (Fsp3) is 0.859. The van der Waals surface area contributed by atoms with Crippen molar-refractivity contribution in [3.63, 3.8) is 0 Å². The van der Waals surface area contributed by atoms with Crippen molar-refractivity contribution in [1.82, 2.24) is 0 Å². The van der Waals surface area contributed by atoms with Crippen LogP contribution in [0.15, 0.2) is 48.6 Å². The standard InChI is InChI=1S/C71H134NO8P/c1-6-8-10-12-14-16-18-20-22-24-26-28-30-31-32-33-34-35-36-37-38-39-40-41-42-44-46-48-50-52-54-56-58-60-62-64-71(74)80-69(68-79-81(75,76)78-66-65-72(3,4)5)67-77-70(73)63-61-59-57-55-53-51-49-47-45-43-29-27-25-23-21-19-17-15-13-11-9-7-2/h8,10,14,16,20,22,26,28,69H,6-7,9,11-13,15,17-19,21,23-25,27,29-68H2,1-5H3/b10-8-,16-14-,22-20-,28-26-. The minimum Gasteiger partial charge on any atom is -0.756 e. The Morgan fingerprint density at radius 2 is 0.704 bits per heavy atom. The SMILES string of the molecule is CC/C=C\C/C=C\C/C=C\C/C=C\CCCCCCCCCCCCCCCCCCCCCCCCC(=O)OC(COC(=O)CCCCCCCCCCCCCCCCCCCCCCCC)COP(=O)([O-])OCC[N+](C)(C)C. The summed E-state index contributed by atoms with van der Waals surface area (Å²) in [4.78, 5) is 38.0. The maximum absolute atomic E-state index is 12.9. The largest absolute Gasteiger partial charge is 0.756 e. The summed E-state index contributed by atoms with van der Waals surface area (Å²) in [5, 5.41) is 0. The summed E-state index contributed by atoms with van der Waals surface area (Å²) in [5.74, 6) is -0.811. The first-order chi connectivity index (χ1) is 39.5. The van der Waals surface area contributed by atoms with E-state index in [1.54, 1.807) is 0 Å². The van der Waals surface area contributed by atoms with Crippen molar-refractivity contribution >= 4 is 19.8 Å². The number of unbranched alkanes of at least 4 members (excludes halogenated alkanes) is 43. The molecule has 0 saturated carbocycles. The highest BCUT2D eigenvalue weighted by Crippen LogP contribution is 2.38. The van der Waals surface area contributed by atoms with Gasteiger partial charge < -0.3 is 27.9 Å². The third-order valence-electron chi connectivity index (χ3n) is 15.6. The lowest BCUT2D eigenvalue weighted by atomic mass is 10.0. The Balaban J connectivity index is 3.96. The van der Waals surface area contributed by atoms with Crippen LogP contribution in [-0.4, -0.2) is 70.0 Å². The monoisotopic (exact) mass is 1160 g/mol. The van der Waals surface area contributed by atoms with Crippen LogP contribution in [0, 0.1) is 0 Å². The van der Waals surface area contributed by atoms with E-state index >= 15 is 0 Å². The topological polar surface area (TPSA) is 111 Å². The van der Waals surface area contributed by atoms with Gasteiger partial charge in [-0.15, -0.1) is 0 Å². The third kappa shape index (κ3) is 67.0. The number of ether oxygens (including phenoxy) is 2. The summed E-state index contributed by atoms with van der Waals surface area (Å²) >= 11 is 0. The Morgan fingerprint density at radius 1 is 0.395 bits per heavy atom. The molecule has 81 heavy (non-hydrogen) atoms. The van der Waals surface area contributed by atoms with Gasteiger partial charge in [0.1, 0.15) is 19.8 Å². The van der Waals surface area contributed by atoms with Gasteiger partial charge in [-0.25, -0.2) is 0 Å². The van der Waals surface area contributed by atoms with Crippen LogP contribution in [-0.2, 0) is 32.7 Å². The van der Waals surface area contributed by atoms with Crippen LogP contribution in [0.1, 0.15) is 341 Å². The van der Waals surface area contributed by atoms with Crippen molar-refractivity contribution in [2.24, 2.45) is 0 Å². The lowest BCUT2D eigenvalue weighted by Gasteiger charge is -2.28. The molecule has 0 spiro atoms. The fourth-order valence-electron chi connectivity index (χ4n) is 10.3. The summed E-state index contributed by atoms with van der Waals surface area (Å²) in [6.45, 7) is 4.20. The lowest BCUT2D eigenvalue weighted by molar-refractivity contribution is -0.870. The number of likely N-dealkylation sites (N-methyl/N-ethyl adjacent to an activating group) is 1. The van der Waals surface area contributed by atoms with Crippen LogP contribution in [0.25, 0.3) is 0 Å². The average molecular weight is 1160 g/mol. The molecule has 2 atom stereocenters. The van der Waals surface area contributed by atoms with E-state index in [-0.39, 0.29) is 32.0 Å². The van der Waals surface area contributed by atoms with Crippen LogP contribution in [0.3, 0.4) is 0 Å². The number of rotatable bonds is 65. The molecule has 0 aliphatic heterocycles. The number of esters is 2. The second kappa shape index (κ2) is 62.5. The quantitative estimate of drug-likeness (QED) is 0.0195. The molecular weight excluding hydrogens is 1030 g/mol. The summed E-state index contributed by atoms with van der Waals surface area (Å²) in [5.41, 5.74) is 0. The second-order valence-corrected chi connectivity index (χ2v) is 26.3. The number of allylic oxidation sites excluding steroid dienone is 8.